The molecular formula is C12H25NO. The summed E-state index contributed by atoms with van der Waals surface area (Å²) in [6.07, 6.45) is 7.34. The number of hydrogen-bond acceptors (Lipinski definition) is 2. The van der Waals surface area contributed by atoms with Gasteiger partial charge < -0.3 is 10.4 Å². The van der Waals surface area contributed by atoms with Gasteiger partial charge in [-0.05, 0) is 50.5 Å². The van der Waals surface area contributed by atoms with E-state index in [-0.39, 0.29) is 0 Å². The lowest BCUT2D eigenvalue weighted by Gasteiger charge is -2.17. The summed E-state index contributed by atoms with van der Waals surface area (Å²) in [5, 5.41) is 12.2. The number of nitrogens with one attached hydrogen (secondary N) is 1. The first-order valence-electron chi connectivity index (χ1n) is 5.98. The normalized spacial score (nSPS) is 25.5. The monoisotopic (exact) mass is 199 g/mol. The highest BCUT2D eigenvalue weighted by Gasteiger charge is 2.30. The lowest BCUT2D eigenvalue weighted by molar-refractivity contribution is 0.282. The van der Waals surface area contributed by atoms with Crippen LogP contribution in [0.3, 0.4) is 0 Å². The summed E-state index contributed by atoms with van der Waals surface area (Å²) in [6, 6.07) is 0.749. The van der Waals surface area contributed by atoms with E-state index < -0.39 is 0 Å². The molecule has 0 bridgehead atoms. The van der Waals surface area contributed by atoms with Crippen molar-refractivity contribution in [2.24, 2.45) is 5.41 Å². The standard InChI is InChI=1S/C12H25NO/c1-12(2)7-6-11(10-12)13-8-4-3-5-9-14/h11,13-14H,3-10H2,1-2H3. The van der Waals surface area contributed by atoms with Gasteiger partial charge in [-0.3, -0.25) is 0 Å². The fraction of sp³-hybridized carbons (Fsp3) is 1.00. The second-order valence-electron chi connectivity index (χ2n) is 5.34. The van der Waals surface area contributed by atoms with Gasteiger partial charge in [-0.1, -0.05) is 13.8 Å². The van der Waals surface area contributed by atoms with Gasteiger partial charge in [0.15, 0.2) is 0 Å². The molecule has 84 valence electrons. The maximum Gasteiger partial charge on any atom is 0.0431 e. The van der Waals surface area contributed by atoms with Crippen LogP contribution in [0.1, 0.15) is 52.4 Å². The molecule has 0 aromatic rings. The molecule has 0 spiro atoms. The highest BCUT2D eigenvalue weighted by atomic mass is 16.2. The van der Waals surface area contributed by atoms with E-state index in [1.54, 1.807) is 0 Å². The maximum absolute atomic E-state index is 8.63. The first-order valence-corrected chi connectivity index (χ1v) is 5.98. The molecular weight excluding hydrogens is 174 g/mol. The van der Waals surface area contributed by atoms with E-state index in [0.717, 1.165) is 25.4 Å². The highest BCUT2D eigenvalue weighted by molar-refractivity contribution is 4.86. The van der Waals surface area contributed by atoms with Crippen LogP contribution >= 0.6 is 0 Å². The number of hydrogen-bond donors (Lipinski definition) is 2. The van der Waals surface area contributed by atoms with Gasteiger partial charge in [0.1, 0.15) is 0 Å². The van der Waals surface area contributed by atoms with E-state index in [1.165, 1.54) is 25.7 Å². The van der Waals surface area contributed by atoms with E-state index in [2.05, 4.69) is 19.2 Å². The first-order chi connectivity index (χ1) is 6.64. The predicted octanol–water partition coefficient (Wildman–Crippen LogP) is 2.32. The summed E-state index contributed by atoms with van der Waals surface area (Å²) >= 11 is 0. The van der Waals surface area contributed by atoms with E-state index in [4.69, 9.17) is 5.11 Å². The molecule has 2 N–H and O–H groups in total. The third-order valence-corrected chi connectivity index (χ3v) is 3.24. The summed E-state index contributed by atoms with van der Waals surface area (Å²) in [5.74, 6) is 0. The smallest absolute Gasteiger partial charge is 0.0431 e. The molecule has 0 saturated heterocycles. The van der Waals surface area contributed by atoms with E-state index in [0.29, 0.717) is 12.0 Å². The largest absolute Gasteiger partial charge is 0.396 e. The molecule has 1 aliphatic rings. The summed E-state index contributed by atoms with van der Waals surface area (Å²) < 4.78 is 0. The molecule has 0 aliphatic heterocycles. The second-order valence-corrected chi connectivity index (χ2v) is 5.34. The van der Waals surface area contributed by atoms with Crippen LogP contribution in [0.5, 0.6) is 0 Å². The minimum absolute atomic E-state index is 0.344. The molecule has 1 atom stereocenters. The summed E-state index contributed by atoms with van der Waals surface area (Å²) in [4.78, 5) is 0. The summed E-state index contributed by atoms with van der Waals surface area (Å²) in [6.45, 7) is 6.19. The van der Waals surface area contributed by atoms with Crippen molar-refractivity contribution in [3.63, 3.8) is 0 Å². The average Bonchev–Trinajstić information content (AvgIpc) is 2.45. The molecule has 14 heavy (non-hydrogen) atoms. The van der Waals surface area contributed by atoms with Crippen LogP contribution in [0.2, 0.25) is 0 Å². The van der Waals surface area contributed by atoms with Crippen LogP contribution < -0.4 is 5.32 Å². The van der Waals surface area contributed by atoms with Crippen LogP contribution in [0.25, 0.3) is 0 Å². The van der Waals surface area contributed by atoms with Crippen LogP contribution in [-0.4, -0.2) is 24.3 Å². The molecule has 0 aromatic heterocycles. The molecule has 1 fully saturated rings. The first kappa shape index (κ1) is 12.0. The van der Waals surface area contributed by atoms with Crippen molar-refractivity contribution < 1.29 is 5.11 Å². The molecule has 2 heteroatoms. The second kappa shape index (κ2) is 5.72. The van der Waals surface area contributed by atoms with Gasteiger partial charge in [0.2, 0.25) is 0 Å². The Balaban J connectivity index is 1.98. The van der Waals surface area contributed by atoms with E-state index >= 15 is 0 Å². The van der Waals surface area contributed by atoms with Crippen molar-refractivity contribution in [1.29, 1.82) is 0 Å². The zero-order valence-electron chi connectivity index (χ0n) is 9.68. The Hall–Kier alpha value is -0.0800. The molecule has 2 nitrogen and oxygen atoms in total. The molecule has 1 aliphatic carbocycles. The predicted molar refractivity (Wildman–Crippen MR) is 60.4 cm³/mol. The fourth-order valence-electron chi connectivity index (χ4n) is 2.33. The van der Waals surface area contributed by atoms with Gasteiger partial charge in [0.05, 0.1) is 0 Å². The van der Waals surface area contributed by atoms with Gasteiger partial charge in [0.25, 0.3) is 0 Å². The zero-order valence-corrected chi connectivity index (χ0v) is 9.68. The molecule has 1 rings (SSSR count). The molecule has 1 unspecified atom stereocenters. The Morgan fingerprint density at radius 2 is 2.07 bits per heavy atom. The number of aliphatic hydroxyl groups is 1. The van der Waals surface area contributed by atoms with Crippen molar-refractivity contribution in [3.05, 3.63) is 0 Å². The van der Waals surface area contributed by atoms with Crippen molar-refractivity contribution in [1.82, 2.24) is 5.32 Å². The molecule has 0 amide bonds. The van der Waals surface area contributed by atoms with Gasteiger partial charge in [-0.25, -0.2) is 0 Å². The van der Waals surface area contributed by atoms with Crippen molar-refractivity contribution in [2.75, 3.05) is 13.2 Å². The Kier molecular flexibility index (Phi) is 4.90. The van der Waals surface area contributed by atoms with Crippen LogP contribution in [-0.2, 0) is 0 Å². The van der Waals surface area contributed by atoms with Crippen molar-refractivity contribution in [3.8, 4) is 0 Å². The topological polar surface area (TPSA) is 32.3 Å². The Labute approximate surface area is 88.1 Å². The Bertz CT molecular complexity index is 156. The van der Waals surface area contributed by atoms with E-state index in [1.807, 2.05) is 0 Å². The van der Waals surface area contributed by atoms with Gasteiger partial charge in [-0.15, -0.1) is 0 Å². The number of unbranched alkanes of at least 4 members (excludes halogenated alkanes) is 2. The lowest BCUT2D eigenvalue weighted by atomic mass is 9.92. The Morgan fingerprint density at radius 1 is 1.29 bits per heavy atom. The van der Waals surface area contributed by atoms with Gasteiger partial charge in [0, 0.05) is 12.6 Å². The van der Waals surface area contributed by atoms with Crippen molar-refractivity contribution in [2.45, 2.75) is 58.4 Å². The van der Waals surface area contributed by atoms with E-state index in [9.17, 15) is 0 Å². The summed E-state index contributed by atoms with van der Waals surface area (Å²) in [5.41, 5.74) is 0.558. The molecule has 0 aromatic carbocycles. The molecule has 0 heterocycles. The van der Waals surface area contributed by atoms with Crippen LogP contribution in [0, 0.1) is 5.41 Å². The third-order valence-electron chi connectivity index (χ3n) is 3.24. The number of rotatable bonds is 6. The fourth-order valence-corrected chi connectivity index (χ4v) is 2.33. The minimum Gasteiger partial charge on any atom is -0.396 e. The lowest BCUT2D eigenvalue weighted by Crippen LogP contribution is -2.28. The average molecular weight is 199 g/mol. The highest BCUT2D eigenvalue weighted by Crippen LogP contribution is 2.36. The zero-order chi connectivity index (χ0) is 10.4. The molecule has 0 radical (unpaired) electrons. The van der Waals surface area contributed by atoms with Crippen LogP contribution in [0.15, 0.2) is 0 Å². The summed E-state index contributed by atoms with van der Waals surface area (Å²) in [7, 11) is 0. The maximum atomic E-state index is 8.63. The third kappa shape index (κ3) is 4.43. The number of aliphatic hydroxyl groups excluding tert-OH is 1. The Morgan fingerprint density at radius 3 is 2.64 bits per heavy atom. The minimum atomic E-state index is 0.344. The van der Waals surface area contributed by atoms with Crippen LogP contribution in [0.4, 0.5) is 0 Å². The SMILES string of the molecule is CC1(C)CCC(NCCCCCO)C1. The van der Waals surface area contributed by atoms with Gasteiger partial charge in [-0.2, -0.15) is 0 Å². The van der Waals surface area contributed by atoms with Crippen molar-refractivity contribution >= 4 is 0 Å². The quantitative estimate of drug-likeness (QED) is 0.643. The molecule has 1 saturated carbocycles. The van der Waals surface area contributed by atoms with Gasteiger partial charge >= 0.3 is 0 Å².